The Kier molecular flexibility index (Phi) is 7.69. The average Bonchev–Trinajstić information content (AvgIpc) is 3.36. The van der Waals surface area contributed by atoms with Crippen molar-refractivity contribution in [3.63, 3.8) is 0 Å². The summed E-state index contributed by atoms with van der Waals surface area (Å²) in [6, 6.07) is 0. The number of allylic oxidation sites excluding steroid dienone is 6. The van der Waals surface area contributed by atoms with Crippen molar-refractivity contribution < 1.29 is 18.7 Å². The van der Waals surface area contributed by atoms with Crippen LogP contribution in [0.15, 0.2) is 59.7 Å². The average molecular weight is 332 g/mol. The van der Waals surface area contributed by atoms with Crippen LogP contribution in [0.2, 0.25) is 0 Å². The van der Waals surface area contributed by atoms with Gasteiger partial charge in [0.2, 0.25) is 0 Å². The van der Waals surface area contributed by atoms with Crippen LogP contribution in [0.25, 0.3) is 0 Å². The molecule has 130 valence electrons. The lowest BCUT2D eigenvalue weighted by molar-refractivity contribution is -0.105. The van der Waals surface area contributed by atoms with Gasteiger partial charge in [0.05, 0.1) is 12.7 Å². The Labute approximate surface area is 143 Å². The highest BCUT2D eigenvalue weighted by Gasteiger charge is 2.22. The summed E-state index contributed by atoms with van der Waals surface area (Å²) in [4.78, 5) is 11.0. The maximum atomic E-state index is 13.4. The summed E-state index contributed by atoms with van der Waals surface area (Å²) in [6.07, 6.45) is 16.9. The first-order valence-electron chi connectivity index (χ1n) is 8.52. The normalized spacial score (nSPS) is 21.9. The number of carbonyl (C=O) groups is 1. The molecule has 0 aromatic carbocycles. The van der Waals surface area contributed by atoms with Gasteiger partial charge in [0.25, 0.3) is 0 Å². The van der Waals surface area contributed by atoms with E-state index in [-0.39, 0.29) is 18.3 Å². The Morgan fingerprint density at radius 2 is 2.25 bits per heavy atom. The van der Waals surface area contributed by atoms with Crippen molar-refractivity contribution in [2.24, 2.45) is 5.92 Å². The second-order valence-corrected chi connectivity index (χ2v) is 6.03. The van der Waals surface area contributed by atoms with Gasteiger partial charge >= 0.3 is 0 Å². The molecule has 0 spiro atoms. The van der Waals surface area contributed by atoms with Crippen LogP contribution in [0.4, 0.5) is 4.39 Å². The van der Waals surface area contributed by atoms with Gasteiger partial charge < -0.3 is 9.47 Å². The minimum Gasteiger partial charge on any atom is -0.489 e. The molecule has 2 aliphatic rings. The van der Waals surface area contributed by atoms with Gasteiger partial charge in [-0.3, -0.25) is 4.79 Å². The van der Waals surface area contributed by atoms with Crippen molar-refractivity contribution in [3.8, 4) is 0 Å². The van der Waals surface area contributed by atoms with Crippen molar-refractivity contribution in [1.82, 2.24) is 0 Å². The first kappa shape index (κ1) is 18.4. The molecule has 24 heavy (non-hydrogen) atoms. The molecule has 0 amide bonds. The third kappa shape index (κ3) is 7.09. The Bertz CT molecular complexity index is 565. The van der Waals surface area contributed by atoms with Gasteiger partial charge in [0.15, 0.2) is 0 Å². The molecule has 0 bridgehead atoms. The molecule has 0 heterocycles. The largest absolute Gasteiger partial charge is 0.489 e. The van der Waals surface area contributed by atoms with Gasteiger partial charge in [-0.25, -0.2) is 4.39 Å². The molecule has 2 rings (SSSR count). The first-order valence-corrected chi connectivity index (χ1v) is 8.52. The number of carbonyl (C=O) groups excluding carboxylic acids is 1. The predicted molar refractivity (Wildman–Crippen MR) is 93.0 cm³/mol. The van der Waals surface area contributed by atoms with Crippen molar-refractivity contribution in [1.29, 1.82) is 0 Å². The highest BCUT2D eigenvalue weighted by atomic mass is 19.1. The molecule has 1 atom stereocenters. The van der Waals surface area contributed by atoms with E-state index in [2.05, 4.69) is 0 Å². The van der Waals surface area contributed by atoms with E-state index < -0.39 is 5.83 Å². The van der Waals surface area contributed by atoms with Crippen LogP contribution in [0.5, 0.6) is 0 Å². The zero-order valence-corrected chi connectivity index (χ0v) is 14.1. The zero-order valence-electron chi connectivity index (χ0n) is 14.1. The lowest BCUT2D eigenvalue weighted by Crippen LogP contribution is -2.11. The maximum absolute atomic E-state index is 13.4. The van der Waals surface area contributed by atoms with Gasteiger partial charge in [-0.15, -0.1) is 0 Å². The maximum Gasteiger partial charge on any atom is 0.149 e. The van der Waals surface area contributed by atoms with Gasteiger partial charge in [-0.2, -0.15) is 0 Å². The fraction of sp³-hybridized carbons (Fsp3) is 0.450. The summed E-state index contributed by atoms with van der Waals surface area (Å²) in [5.41, 5.74) is 0.267. The second kappa shape index (κ2) is 10.0. The van der Waals surface area contributed by atoms with Crippen LogP contribution in [0, 0.1) is 5.92 Å². The summed E-state index contributed by atoms with van der Waals surface area (Å²) in [7, 11) is 0. The van der Waals surface area contributed by atoms with Crippen molar-refractivity contribution in [2.75, 3.05) is 13.2 Å². The Morgan fingerprint density at radius 3 is 2.96 bits per heavy atom. The smallest absolute Gasteiger partial charge is 0.149 e. The Morgan fingerprint density at radius 1 is 1.42 bits per heavy atom. The van der Waals surface area contributed by atoms with E-state index in [0.717, 1.165) is 18.9 Å². The SMILES string of the molecule is CC/C=C(F)\C=C(\C=O)COC1=CC=C[C@H](OCC2CC2)CC=C1. The summed E-state index contributed by atoms with van der Waals surface area (Å²) < 4.78 is 24.8. The summed E-state index contributed by atoms with van der Waals surface area (Å²) in [5, 5.41) is 0. The molecule has 1 saturated carbocycles. The van der Waals surface area contributed by atoms with E-state index in [0.29, 0.717) is 18.5 Å². The summed E-state index contributed by atoms with van der Waals surface area (Å²) in [5.74, 6) is 0.971. The Hall–Kier alpha value is -1.94. The van der Waals surface area contributed by atoms with E-state index in [4.69, 9.17) is 9.47 Å². The monoisotopic (exact) mass is 332 g/mol. The van der Waals surface area contributed by atoms with Gasteiger partial charge in [0.1, 0.15) is 24.5 Å². The van der Waals surface area contributed by atoms with E-state index >= 15 is 0 Å². The fourth-order valence-electron chi connectivity index (χ4n) is 2.20. The van der Waals surface area contributed by atoms with Gasteiger partial charge in [-0.05, 0) is 55.9 Å². The van der Waals surface area contributed by atoms with Gasteiger partial charge in [-0.1, -0.05) is 25.2 Å². The molecular weight excluding hydrogens is 307 g/mol. The standard InChI is InChI=1S/C20H25FO3/c1-2-5-18(21)12-17(13-22)15-24-20-8-3-6-19(7-4-9-20)23-14-16-10-11-16/h3-6,8-9,12-13,16,19H,2,7,10-11,14-15H2,1H3/b6-3?,9-4?,17-12-,18-5+,20-8?/t19-/m0/s1. The van der Waals surface area contributed by atoms with Crippen LogP contribution in [-0.2, 0) is 14.3 Å². The molecule has 0 aromatic rings. The fourth-order valence-corrected chi connectivity index (χ4v) is 2.20. The molecule has 0 saturated heterocycles. The van der Waals surface area contributed by atoms with Crippen LogP contribution in [0.1, 0.15) is 32.6 Å². The molecule has 0 aliphatic heterocycles. The number of ether oxygens (including phenoxy) is 2. The molecule has 2 aliphatic carbocycles. The molecule has 0 aromatic heterocycles. The van der Waals surface area contributed by atoms with Crippen LogP contribution < -0.4 is 0 Å². The van der Waals surface area contributed by atoms with Crippen LogP contribution in [0.3, 0.4) is 0 Å². The predicted octanol–water partition coefficient (Wildman–Crippen LogP) is 4.59. The van der Waals surface area contributed by atoms with E-state index in [9.17, 15) is 9.18 Å². The van der Waals surface area contributed by atoms with Crippen molar-refractivity contribution in [2.45, 2.75) is 38.7 Å². The second-order valence-electron chi connectivity index (χ2n) is 6.03. The van der Waals surface area contributed by atoms with E-state index in [1.165, 1.54) is 25.0 Å². The highest BCUT2D eigenvalue weighted by Crippen LogP contribution is 2.29. The summed E-state index contributed by atoms with van der Waals surface area (Å²) >= 11 is 0. The molecule has 1 fully saturated rings. The lowest BCUT2D eigenvalue weighted by atomic mass is 10.1. The number of halogens is 1. The van der Waals surface area contributed by atoms with Crippen molar-refractivity contribution >= 4 is 6.29 Å². The molecule has 0 radical (unpaired) electrons. The van der Waals surface area contributed by atoms with Crippen LogP contribution >= 0.6 is 0 Å². The topological polar surface area (TPSA) is 35.5 Å². The van der Waals surface area contributed by atoms with E-state index in [1.54, 1.807) is 0 Å². The third-order valence-electron chi connectivity index (χ3n) is 3.76. The van der Waals surface area contributed by atoms with Gasteiger partial charge in [0, 0.05) is 5.57 Å². The molecule has 0 unspecified atom stereocenters. The van der Waals surface area contributed by atoms with Crippen LogP contribution in [-0.4, -0.2) is 25.6 Å². The quantitative estimate of drug-likeness (QED) is 0.352. The number of hydrogen-bond acceptors (Lipinski definition) is 3. The zero-order chi connectivity index (χ0) is 17.2. The minimum atomic E-state index is -0.416. The molecule has 4 heteroatoms. The summed E-state index contributed by atoms with van der Waals surface area (Å²) in [6.45, 7) is 2.71. The minimum absolute atomic E-state index is 0.0418. The number of aldehydes is 1. The third-order valence-corrected chi connectivity index (χ3v) is 3.76. The Balaban J connectivity index is 1.85. The lowest BCUT2D eigenvalue weighted by Gasteiger charge is -2.14. The molecular formula is C20H25FO3. The van der Waals surface area contributed by atoms with Crippen molar-refractivity contribution in [3.05, 3.63) is 59.7 Å². The molecule has 0 N–H and O–H groups in total. The first-order chi connectivity index (χ1) is 11.7. The number of hydrogen-bond donors (Lipinski definition) is 0. The number of rotatable bonds is 9. The highest BCUT2D eigenvalue weighted by molar-refractivity contribution is 5.74. The van der Waals surface area contributed by atoms with E-state index in [1.807, 2.05) is 37.3 Å². The molecule has 3 nitrogen and oxygen atoms in total.